The molecule has 68 valence electrons. The van der Waals surface area contributed by atoms with E-state index < -0.39 is 8.25 Å². The van der Waals surface area contributed by atoms with Crippen molar-refractivity contribution in [3.8, 4) is 0 Å². The molecule has 1 heterocycles. The van der Waals surface area contributed by atoms with Gasteiger partial charge in [-0.1, -0.05) is 18.2 Å². The minimum atomic E-state index is -2.87. The Balaban J connectivity index is 0.000000184. The number of rotatable bonds is 0. The first-order valence-electron chi connectivity index (χ1n) is 3.47. The Bertz CT molecular complexity index is 365. The average molecular weight is 215 g/mol. The quantitative estimate of drug-likeness (QED) is 0.664. The largest absolute Gasteiger partial charge is 0.692 e. The van der Waals surface area contributed by atoms with Crippen LogP contribution in [-0.2, 0) is 4.57 Å². The Morgan fingerprint density at radius 1 is 1.15 bits per heavy atom. The summed E-state index contributed by atoms with van der Waals surface area (Å²) in [6.07, 6.45) is 0. The number of benzene rings is 1. The van der Waals surface area contributed by atoms with E-state index in [0.717, 1.165) is 0 Å². The van der Waals surface area contributed by atoms with E-state index in [4.69, 9.17) is 14.4 Å². The van der Waals surface area contributed by atoms with Crippen molar-refractivity contribution in [2.24, 2.45) is 0 Å². The van der Waals surface area contributed by atoms with E-state index in [2.05, 4.69) is 35.7 Å². The maximum atomic E-state index is 8.70. The first kappa shape index (κ1) is 10.3. The molecule has 2 rings (SSSR count). The lowest BCUT2D eigenvalue weighted by Crippen LogP contribution is -1.56. The maximum Gasteiger partial charge on any atom is 0.692 e. The number of fused-ring (bicyclic) bond motifs is 1. The molecule has 2 aromatic rings. The Labute approximate surface area is 80.2 Å². The van der Waals surface area contributed by atoms with E-state index in [1.807, 2.05) is 0 Å². The average Bonchev–Trinajstić information content (AvgIpc) is 2.49. The third-order valence-electron chi connectivity index (χ3n) is 1.36. The van der Waals surface area contributed by atoms with Crippen molar-refractivity contribution in [2.75, 3.05) is 0 Å². The van der Waals surface area contributed by atoms with Crippen molar-refractivity contribution in [3.63, 3.8) is 0 Å². The first-order chi connectivity index (χ1) is 6.20. The second kappa shape index (κ2) is 5.04. The lowest BCUT2D eigenvalue weighted by atomic mass is 10.3. The van der Waals surface area contributed by atoms with Crippen LogP contribution in [0.4, 0.5) is 0 Å². The van der Waals surface area contributed by atoms with Gasteiger partial charge in [0.2, 0.25) is 0 Å². The predicted molar refractivity (Wildman–Crippen MR) is 53.9 cm³/mol. The fourth-order valence-corrected chi connectivity index (χ4v) is 1.70. The zero-order chi connectivity index (χ0) is 9.68. The third-order valence-corrected chi connectivity index (χ3v) is 2.26. The smallest absolute Gasteiger partial charge is 0.144 e. The van der Waals surface area contributed by atoms with Crippen molar-refractivity contribution >= 4 is 29.7 Å². The zero-order valence-electron chi connectivity index (χ0n) is 6.62. The summed E-state index contributed by atoms with van der Waals surface area (Å²) >= 11 is 1.79. The highest BCUT2D eigenvalue weighted by Gasteiger charge is 1.93. The summed E-state index contributed by atoms with van der Waals surface area (Å²) in [5, 5.41) is 3.47. The van der Waals surface area contributed by atoms with Gasteiger partial charge in [0.25, 0.3) is 0 Å². The molecule has 0 saturated carbocycles. The molecule has 0 radical (unpaired) electrons. The topological polar surface area (TPSA) is 57.5 Å². The van der Waals surface area contributed by atoms with E-state index in [-0.39, 0.29) is 0 Å². The number of hydrogen-bond acceptors (Lipinski definition) is 2. The van der Waals surface area contributed by atoms with Crippen LogP contribution in [0.1, 0.15) is 0 Å². The maximum absolute atomic E-state index is 8.70. The van der Waals surface area contributed by atoms with Crippen molar-refractivity contribution in [1.82, 2.24) is 0 Å². The highest BCUT2D eigenvalue weighted by atomic mass is 32.1. The highest BCUT2D eigenvalue weighted by Crippen LogP contribution is 2.18. The van der Waals surface area contributed by atoms with Crippen LogP contribution >= 0.6 is 19.6 Å². The van der Waals surface area contributed by atoms with E-state index in [1.165, 1.54) is 10.1 Å². The summed E-state index contributed by atoms with van der Waals surface area (Å²) in [5.74, 6) is 0. The lowest BCUT2D eigenvalue weighted by Gasteiger charge is -1.82. The van der Waals surface area contributed by atoms with Crippen LogP contribution in [0, 0.1) is 0 Å². The molecule has 0 unspecified atom stereocenters. The molecule has 1 aromatic carbocycles. The summed E-state index contributed by atoms with van der Waals surface area (Å²) in [6.45, 7) is 0. The molecule has 0 bridgehead atoms. The molecule has 0 aliphatic rings. The van der Waals surface area contributed by atoms with Crippen LogP contribution in [-0.4, -0.2) is 9.79 Å². The Morgan fingerprint density at radius 2 is 1.77 bits per heavy atom. The van der Waals surface area contributed by atoms with E-state index in [0.29, 0.717) is 0 Å². The molecule has 0 fully saturated rings. The van der Waals surface area contributed by atoms with Crippen LogP contribution in [0.3, 0.4) is 0 Å². The minimum absolute atomic E-state index is 1.35. The molecule has 0 amide bonds. The first-order valence-corrected chi connectivity index (χ1v) is 5.52. The van der Waals surface area contributed by atoms with Gasteiger partial charge in [-0.15, -0.1) is 21.1 Å². The molecule has 0 spiro atoms. The second-order valence-electron chi connectivity index (χ2n) is 2.21. The number of hydrogen-bond donors (Lipinski definition) is 2. The van der Waals surface area contributed by atoms with Crippen LogP contribution < -0.4 is 0 Å². The highest BCUT2D eigenvalue weighted by molar-refractivity contribution is 7.30. The van der Waals surface area contributed by atoms with E-state index in [1.54, 1.807) is 11.3 Å². The molecular formula is C8H8O3PS+. The molecular weight excluding hydrogens is 207 g/mol. The third kappa shape index (κ3) is 3.61. The molecule has 3 nitrogen and oxygen atoms in total. The second-order valence-corrected chi connectivity index (χ2v) is 3.66. The van der Waals surface area contributed by atoms with Gasteiger partial charge in [0, 0.05) is 9.26 Å². The van der Waals surface area contributed by atoms with Gasteiger partial charge >= 0.3 is 8.25 Å². The fourth-order valence-electron chi connectivity index (χ4n) is 0.906. The van der Waals surface area contributed by atoms with Gasteiger partial charge in [-0.05, 0) is 22.9 Å². The summed E-state index contributed by atoms with van der Waals surface area (Å²) in [4.78, 5) is 14.2. The fraction of sp³-hybridized carbons (Fsp3) is 0. The Kier molecular flexibility index (Phi) is 3.99. The monoisotopic (exact) mass is 215 g/mol. The van der Waals surface area contributed by atoms with E-state index in [9.17, 15) is 0 Å². The SMILES string of the molecule is O=[P+](O)O.c1ccc2sccc2c1. The summed E-state index contributed by atoms with van der Waals surface area (Å²) in [5.41, 5.74) is 0. The lowest BCUT2D eigenvalue weighted by molar-refractivity contribution is 0.405. The standard InChI is InChI=1S/C8H6S.HO3P/c1-2-4-8-7(3-1)5-6-9-8;1-4(2)3/h1-6H;(H-,1,2,3)/p+1. The van der Waals surface area contributed by atoms with Gasteiger partial charge in [0.1, 0.15) is 0 Å². The predicted octanol–water partition coefficient (Wildman–Crippen LogP) is 2.53. The number of thiophene rings is 1. The molecule has 1 aromatic heterocycles. The summed E-state index contributed by atoms with van der Waals surface area (Å²) < 4.78 is 10.1. The van der Waals surface area contributed by atoms with Gasteiger partial charge < -0.3 is 0 Å². The van der Waals surface area contributed by atoms with Gasteiger partial charge in [-0.3, -0.25) is 0 Å². The molecule has 13 heavy (non-hydrogen) atoms. The summed E-state index contributed by atoms with van der Waals surface area (Å²) in [6, 6.07) is 10.5. The van der Waals surface area contributed by atoms with Crippen molar-refractivity contribution in [1.29, 1.82) is 0 Å². The molecule has 0 atom stereocenters. The van der Waals surface area contributed by atoms with Gasteiger partial charge in [0.05, 0.1) is 0 Å². The summed E-state index contributed by atoms with van der Waals surface area (Å²) in [7, 11) is -2.87. The van der Waals surface area contributed by atoms with Crippen LogP contribution in [0.25, 0.3) is 10.1 Å². The molecule has 0 saturated heterocycles. The zero-order valence-corrected chi connectivity index (χ0v) is 8.33. The van der Waals surface area contributed by atoms with Crippen molar-refractivity contribution < 1.29 is 14.4 Å². The Hall–Kier alpha value is -0.800. The molecule has 0 aliphatic carbocycles. The van der Waals surface area contributed by atoms with Gasteiger partial charge in [-0.25, -0.2) is 0 Å². The normalized spacial score (nSPS) is 9.08. The molecule has 2 N–H and O–H groups in total. The van der Waals surface area contributed by atoms with Gasteiger partial charge in [-0.2, -0.15) is 0 Å². The van der Waals surface area contributed by atoms with Crippen molar-refractivity contribution in [2.45, 2.75) is 0 Å². The van der Waals surface area contributed by atoms with E-state index >= 15 is 0 Å². The van der Waals surface area contributed by atoms with Gasteiger partial charge in [0.15, 0.2) is 0 Å². The van der Waals surface area contributed by atoms with Crippen LogP contribution in [0.15, 0.2) is 35.7 Å². The van der Waals surface area contributed by atoms with Crippen LogP contribution in [0.5, 0.6) is 0 Å². The molecule has 0 aliphatic heterocycles. The molecule has 5 heteroatoms. The minimum Gasteiger partial charge on any atom is -0.144 e. The van der Waals surface area contributed by atoms with Crippen LogP contribution in [0.2, 0.25) is 0 Å². The van der Waals surface area contributed by atoms with Crippen molar-refractivity contribution in [3.05, 3.63) is 35.7 Å². The Morgan fingerprint density at radius 3 is 2.38 bits per heavy atom.